The van der Waals surface area contributed by atoms with Gasteiger partial charge in [0.15, 0.2) is 15.3 Å². The molecular formula is C24H22Cl2N6O3S3. The minimum atomic E-state index is -0.168. The topological polar surface area (TPSA) is 102 Å². The molecule has 0 aliphatic carbocycles. The maximum absolute atomic E-state index is 12.6. The average molecular weight is 610 g/mol. The number of nitrogens with one attached hydrogen (secondary N) is 1. The summed E-state index contributed by atoms with van der Waals surface area (Å²) < 4.78 is 8.85. The molecule has 198 valence electrons. The molecule has 38 heavy (non-hydrogen) atoms. The summed E-state index contributed by atoms with van der Waals surface area (Å²) in [5.74, 6) is 1.01. The van der Waals surface area contributed by atoms with Crippen LogP contribution in [0.2, 0.25) is 10.0 Å². The lowest BCUT2D eigenvalue weighted by Gasteiger charge is -2.26. The number of hydrogen-bond acceptors (Lipinski definition) is 9. The third-order valence-electron chi connectivity index (χ3n) is 5.67. The van der Waals surface area contributed by atoms with Crippen LogP contribution in [0.15, 0.2) is 45.9 Å². The highest BCUT2D eigenvalue weighted by Crippen LogP contribution is 2.32. The molecule has 2 amide bonds. The number of aromatic nitrogens is 4. The molecular weight excluding hydrogens is 587 g/mol. The van der Waals surface area contributed by atoms with E-state index in [0.717, 1.165) is 14.6 Å². The second-order valence-electron chi connectivity index (χ2n) is 8.27. The van der Waals surface area contributed by atoms with Gasteiger partial charge < -0.3 is 19.5 Å². The van der Waals surface area contributed by atoms with E-state index < -0.39 is 0 Å². The van der Waals surface area contributed by atoms with Crippen LogP contribution >= 0.6 is 58.1 Å². The number of fused-ring (bicyclic) bond motifs is 1. The van der Waals surface area contributed by atoms with E-state index in [1.165, 1.54) is 34.9 Å². The second-order valence-corrected chi connectivity index (χ2v) is 12.3. The van der Waals surface area contributed by atoms with Crippen LogP contribution in [-0.2, 0) is 21.4 Å². The lowest BCUT2D eigenvalue weighted by atomic mass is 10.2. The highest BCUT2D eigenvalue weighted by molar-refractivity contribution is 8.01. The molecule has 3 heterocycles. The number of carbonyl (C=O) groups excluding carboxylic acids is 2. The molecule has 0 saturated carbocycles. The summed E-state index contributed by atoms with van der Waals surface area (Å²) >= 11 is 16.5. The molecule has 2 aromatic heterocycles. The number of amides is 2. The molecule has 1 saturated heterocycles. The van der Waals surface area contributed by atoms with E-state index in [9.17, 15) is 9.59 Å². The average Bonchev–Trinajstić information content (AvgIpc) is 3.49. The SMILES string of the molecule is Cn1c(SCC(=O)Nc2ccc3nc(SCC(=O)N4CCOCC4)sc3c2)nnc1-c1ccc(Cl)cc1Cl. The number of benzene rings is 2. The summed E-state index contributed by atoms with van der Waals surface area (Å²) in [5, 5.41) is 13.0. The number of thioether (sulfide) groups is 2. The molecule has 1 aliphatic rings. The number of thiazole rings is 1. The highest BCUT2D eigenvalue weighted by Gasteiger charge is 2.18. The van der Waals surface area contributed by atoms with Crippen LogP contribution in [0.1, 0.15) is 0 Å². The minimum Gasteiger partial charge on any atom is -0.378 e. The summed E-state index contributed by atoms with van der Waals surface area (Å²) in [6, 6.07) is 10.8. The molecule has 0 unspecified atom stereocenters. The Balaban J connectivity index is 1.16. The number of anilines is 1. The smallest absolute Gasteiger partial charge is 0.234 e. The number of nitrogens with zero attached hydrogens (tertiary/aromatic N) is 5. The van der Waals surface area contributed by atoms with Gasteiger partial charge in [0.2, 0.25) is 11.8 Å². The van der Waals surface area contributed by atoms with Gasteiger partial charge in [-0.2, -0.15) is 0 Å². The van der Waals surface area contributed by atoms with E-state index >= 15 is 0 Å². The van der Waals surface area contributed by atoms with Gasteiger partial charge in [0.1, 0.15) is 0 Å². The summed E-state index contributed by atoms with van der Waals surface area (Å²) in [6.07, 6.45) is 0. The van der Waals surface area contributed by atoms with Crippen molar-refractivity contribution < 1.29 is 14.3 Å². The Morgan fingerprint density at radius 1 is 1.08 bits per heavy atom. The number of rotatable bonds is 8. The van der Waals surface area contributed by atoms with Gasteiger partial charge in [0.05, 0.1) is 40.0 Å². The molecule has 0 atom stereocenters. The number of carbonyl (C=O) groups is 2. The Labute approximate surface area is 241 Å². The minimum absolute atomic E-state index is 0.0919. The first-order valence-electron chi connectivity index (χ1n) is 11.5. The van der Waals surface area contributed by atoms with Gasteiger partial charge >= 0.3 is 0 Å². The van der Waals surface area contributed by atoms with E-state index in [-0.39, 0.29) is 17.6 Å². The largest absolute Gasteiger partial charge is 0.378 e. The van der Waals surface area contributed by atoms with Gasteiger partial charge in [0, 0.05) is 36.4 Å². The molecule has 14 heteroatoms. The zero-order valence-corrected chi connectivity index (χ0v) is 24.1. The first kappa shape index (κ1) is 27.2. The first-order chi connectivity index (χ1) is 18.4. The first-order valence-corrected chi connectivity index (χ1v) is 15.1. The van der Waals surface area contributed by atoms with Crippen LogP contribution < -0.4 is 5.32 Å². The molecule has 4 aromatic rings. The van der Waals surface area contributed by atoms with E-state index in [1.807, 2.05) is 30.1 Å². The summed E-state index contributed by atoms with van der Waals surface area (Å²) in [5.41, 5.74) is 2.22. The van der Waals surface area contributed by atoms with Crippen molar-refractivity contribution in [3.63, 3.8) is 0 Å². The van der Waals surface area contributed by atoms with Gasteiger partial charge in [0.25, 0.3) is 0 Å². The van der Waals surface area contributed by atoms with Crippen molar-refractivity contribution in [1.82, 2.24) is 24.6 Å². The molecule has 1 fully saturated rings. The lowest BCUT2D eigenvalue weighted by molar-refractivity contribution is -0.132. The van der Waals surface area contributed by atoms with E-state index in [4.69, 9.17) is 27.9 Å². The van der Waals surface area contributed by atoms with E-state index in [2.05, 4.69) is 20.5 Å². The van der Waals surface area contributed by atoms with Crippen molar-refractivity contribution in [3.8, 4) is 11.4 Å². The van der Waals surface area contributed by atoms with Crippen molar-refractivity contribution in [3.05, 3.63) is 46.4 Å². The molecule has 0 spiro atoms. The fraction of sp³-hybridized carbons (Fsp3) is 0.292. The van der Waals surface area contributed by atoms with Crippen molar-refractivity contribution >= 4 is 85.8 Å². The van der Waals surface area contributed by atoms with Crippen molar-refractivity contribution in [2.75, 3.05) is 43.1 Å². The van der Waals surface area contributed by atoms with Crippen LogP contribution in [0.5, 0.6) is 0 Å². The standard InChI is InChI=1S/C24H22Cl2N6O3S3/c1-31-22(16-4-2-14(25)10-17(16)26)29-30-23(31)36-12-20(33)27-15-3-5-18-19(11-15)38-24(28-18)37-13-21(34)32-6-8-35-9-7-32/h2-5,10-11H,6-9,12-13H2,1H3,(H,27,33). The Kier molecular flexibility index (Phi) is 8.76. The molecule has 0 radical (unpaired) electrons. The van der Waals surface area contributed by atoms with Crippen LogP contribution in [0, 0.1) is 0 Å². The number of hydrogen-bond donors (Lipinski definition) is 1. The number of ether oxygens (including phenoxy) is 1. The van der Waals surface area contributed by atoms with Gasteiger partial charge in [-0.3, -0.25) is 9.59 Å². The highest BCUT2D eigenvalue weighted by atomic mass is 35.5. The molecule has 1 aliphatic heterocycles. The van der Waals surface area contributed by atoms with Crippen LogP contribution in [0.3, 0.4) is 0 Å². The Morgan fingerprint density at radius 2 is 1.89 bits per heavy atom. The lowest BCUT2D eigenvalue weighted by Crippen LogP contribution is -2.41. The summed E-state index contributed by atoms with van der Waals surface area (Å²) in [7, 11) is 1.82. The van der Waals surface area contributed by atoms with Gasteiger partial charge in [-0.05, 0) is 36.4 Å². The Hall–Kier alpha value is -2.35. The predicted molar refractivity (Wildman–Crippen MR) is 154 cm³/mol. The van der Waals surface area contributed by atoms with E-state index in [1.54, 1.807) is 22.8 Å². The normalized spacial score (nSPS) is 13.7. The van der Waals surface area contributed by atoms with Crippen LogP contribution in [0.25, 0.3) is 21.6 Å². The second kappa shape index (κ2) is 12.2. The zero-order chi connectivity index (χ0) is 26.6. The Morgan fingerprint density at radius 3 is 2.68 bits per heavy atom. The molecule has 9 nitrogen and oxygen atoms in total. The van der Waals surface area contributed by atoms with E-state index in [0.29, 0.717) is 64.3 Å². The van der Waals surface area contributed by atoms with Gasteiger partial charge in [-0.25, -0.2) is 4.98 Å². The molecule has 0 bridgehead atoms. The summed E-state index contributed by atoms with van der Waals surface area (Å²) in [6.45, 7) is 2.44. The fourth-order valence-corrected chi connectivity index (χ4v) is 6.96. The number of halogens is 2. The monoisotopic (exact) mass is 608 g/mol. The third-order valence-corrected chi connectivity index (χ3v) is 9.39. The maximum atomic E-state index is 12.6. The quantitative estimate of drug-likeness (QED) is 0.276. The molecule has 1 N–H and O–H groups in total. The maximum Gasteiger partial charge on any atom is 0.234 e. The summed E-state index contributed by atoms with van der Waals surface area (Å²) in [4.78, 5) is 31.5. The van der Waals surface area contributed by atoms with Crippen molar-refractivity contribution in [1.29, 1.82) is 0 Å². The molecule has 5 rings (SSSR count). The third kappa shape index (κ3) is 6.44. The van der Waals surface area contributed by atoms with Gasteiger partial charge in [-0.1, -0.05) is 46.7 Å². The van der Waals surface area contributed by atoms with Crippen molar-refractivity contribution in [2.45, 2.75) is 9.50 Å². The molecule has 2 aromatic carbocycles. The van der Waals surface area contributed by atoms with Gasteiger partial charge in [-0.15, -0.1) is 21.5 Å². The van der Waals surface area contributed by atoms with Crippen molar-refractivity contribution in [2.24, 2.45) is 7.05 Å². The zero-order valence-electron chi connectivity index (χ0n) is 20.1. The Bertz CT molecular complexity index is 1490. The van der Waals surface area contributed by atoms with Crippen LogP contribution in [0.4, 0.5) is 5.69 Å². The predicted octanol–water partition coefficient (Wildman–Crippen LogP) is 5.08. The van der Waals surface area contributed by atoms with Crippen LogP contribution in [-0.4, -0.2) is 74.3 Å². The number of morpholine rings is 1. The fourth-order valence-electron chi connectivity index (χ4n) is 3.74.